The van der Waals surface area contributed by atoms with Crippen molar-refractivity contribution < 1.29 is 4.42 Å². The highest BCUT2D eigenvalue weighted by Crippen LogP contribution is 2.41. The molecule has 0 saturated carbocycles. The lowest BCUT2D eigenvalue weighted by atomic mass is 9.97. The third-order valence-corrected chi connectivity index (χ3v) is 9.05. The van der Waals surface area contributed by atoms with Crippen molar-refractivity contribution in [1.29, 1.82) is 0 Å². The second kappa shape index (κ2) is 10.8. The van der Waals surface area contributed by atoms with Gasteiger partial charge in [-0.2, -0.15) is 0 Å². The van der Waals surface area contributed by atoms with E-state index in [1.807, 2.05) is 12.1 Å². The molecule has 0 aliphatic carbocycles. The van der Waals surface area contributed by atoms with Crippen LogP contribution in [-0.2, 0) is 0 Å². The summed E-state index contributed by atoms with van der Waals surface area (Å²) >= 11 is 0. The van der Waals surface area contributed by atoms with Gasteiger partial charge < -0.3 is 9.32 Å². The summed E-state index contributed by atoms with van der Waals surface area (Å²) < 4.78 is 6.20. The fourth-order valence-corrected chi connectivity index (χ4v) is 6.83. The minimum absolute atomic E-state index is 0.908. The first-order valence-electron chi connectivity index (χ1n) is 15.7. The summed E-state index contributed by atoms with van der Waals surface area (Å²) in [4.78, 5) is 2.38. The maximum atomic E-state index is 6.20. The Morgan fingerprint density at radius 3 is 1.83 bits per heavy atom. The minimum Gasteiger partial charge on any atom is -0.456 e. The smallest absolute Gasteiger partial charge is 0.136 e. The van der Waals surface area contributed by atoms with E-state index in [9.17, 15) is 0 Å². The Morgan fingerprint density at radius 2 is 0.978 bits per heavy atom. The van der Waals surface area contributed by atoms with Gasteiger partial charge in [0.2, 0.25) is 0 Å². The van der Waals surface area contributed by atoms with Gasteiger partial charge in [0.05, 0.1) is 5.69 Å². The second-order valence-corrected chi connectivity index (χ2v) is 11.8. The van der Waals surface area contributed by atoms with E-state index in [2.05, 4.69) is 169 Å². The molecule has 0 amide bonds. The number of rotatable bonds is 5. The Labute approximate surface area is 267 Å². The summed E-state index contributed by atoms with van der Waals surface area (Å²) in [7, 11) is 0. The standard InChI is InChI=1S/C44H29NO/c1-3-16-37-31(10-1)12-8-19-38(37)34-14-7-15-36(28-34)45(42-20-9-13-32-11-2-4-17-39(32)42)35-25-22-30(23-26-35)33-24-27-41-40-18-5-6-21-43(40)46-44(41)29-33/h1-29H. The van der Waals surface area contributed by atoms with Crippen LogP contribution in [0.1, 0.15) is 0 Å². The molecule has 1 heterocycles. The molecule has 0 spiro atoms. The van der Waals surface area contributed by atoms with Crippen LogP contribution in [0.4, 0.5) is 17.1 Å². The van der Waals surface area contributed by atoms with Gasteiger partial charge in [0.1, 0.15) is 11.2 Å². The van der Waals surface area contributed by atoms with Crippen molar-refractivity contribution in [3.8, 4) is 22.3 Å². The van der Waals surface area contributed by atoms with Crippen molar-refractivity contribution in [2.24, 2.45) is 0 Å². The molecule has 0 unspecified atom stereocenters. The minimum atomic E-state index is 0.908. The number of nitrogens with zero attached hydrogens (tertiary/aromatic N) is 1. The van der Waals surface area contributed by atoms with Gasteiger partial charge in [0.25, 0.3) is 0 Å². The number of para-hydroxylation sites is 1. The Hall–Kier alpha value is -6.12. The van der Waals surface area contributed by atoms with Crippen molar-refractivity contribution in [3.63, 3.8) is 0 Å². The third-order valence-electron chi connectivity index (χ3n) is 9.05. The number of furan rings is 1. The second-order valence-electron chi connectivity index (χ2n) is 11.8. The zero-order valence-electron chi connectivity index (χ0n) is 25.1. The molecule has 8 aromatic carbocycles. The average Bonchev–Trinajstić information content (AvgIpc) is 3.50. The number of benzene rings is 8. The summed E-state index contributed by atoms with van der Waals surface area (Å²) in [6.07, 6.45) is 0. The van der Waals surface area contributed by atoms with E-state index in [0.717, 1.165) is 50.1 Å². The van der Waals surface area contributed by atoms with Crippen LogP contribution in [0, 0.1) is 0 Å². The molecule has 216 valence electrons. The molecule has 0 saturated heterocycles. The number of anilines is 3. The van der Waals surface area contributed by atoms with Gasteiger partial charge in [0.15, 0.2) is 0 Å². The van der Waals surface area contributed by atoms with Gasteiger partial charge in [-0.15, -0.1) is 0 Å². The Bertz CT molecular complexity index is 2530. The lowest BCUT2D eigenvalue weighted by Crippen LogP contribution is -2.10. The van der Waals surface area contributed by atoms with Crippen LogP contribution < -0.4 is 4.90 Å². The van der Waals surface area contributed by atoms with Crippen LogP contribution in [0.3, 0.4) is 0 Å². The van der Waals surface area contributed by atoms with Gasteiger partial charge in [0, 0.05) is 27.5 Å². The molecule has 0 fully saturated rings. The van der Waals surface area contributed by atoms with Crippen molar-refractivity contribution in [2.75, 3.05) is 4.90 Å². The third kappa shape index (κ3) is 4.43. The molecule has 0 atom stereocenters. The predicted octanol–water partition coefficient (Wildman–Crippen LogP) is 12.7. The maximum absolute atomic E-state index is 6.20. The summed E-state index contributed by atoms with van der Waals surface area (Å²) in [6, 6.07) is 62.8. The highest BCUT2D eigenvalue weighted by Gasteiger charge is 2.17. The molecule has 2 nitrogen and oxygen atoms in total. The molecular formula is C44H29NO. The number of hydrogen-bond acceptors (Lipinski definition) is 2. The monoisotopic (exact) mass is 587 g/mol. The fraction of sp³-hybridized carbons (Fsp3) is 0. The van der Waals surface area contributed by atoms with Crippen molar-refractivity contribution in [1.82, 2.24) is 0 Å². The topological polar surface area (TPSA) is 16.4 Å². The van der Waals surface area contributed by atoms with E-state index in [-0.39, 0.29) is 0 Å². The summed E-state index contributed by atoms with van der Waals surface area (Å²) in [5.41, 5.74) is 9.88. The fourth-order valence-electron chi connectivity index (χ4n) is 6.83. The van der Waals surface area contributed by atoms with E-state index < -0.39 is 0 Å². The zero-order chi connectivity index (χ0) is 30.5. The van der Waals surface area contributed by atoms with E-state index in [1.54, 1.807) is 0 Å². The molecule has 0 aliphatic heterocycles. The summed E-state index contributed by atoms with van der Waals surface area (Å²) in [6.45, 7) is 0. The zero-order valence-corrected chi connectivity index (χ0v) is 25.1. The van der Waals surface area contributed by atoms with Gasteiger partial charge >= 0.3 is 0 Å². The van der Waals surface area contributed by atoms with E-state index in [1.165, 1.54) is 32.7 Å². The molecule has 0 N–H and O–H groups in total. The molecule has 9 rings (SSSR count). The maximum Gasteiger partial charge on any atom is 0.136 e. The summed E-state index contributed by atoms with van der Waals surface area (Å²) in [5, 5.41) is 7.21. The highest BCUT2D eigenvalue weighted by molar-refractivity contribution is 6.06. The van der Waals surface area contributed by atoms with Crippen LogP contribution in [0.5, 0.6) is 0 Å². The Balaban J connectivity index is 1.17. The quantitative estimate of drug-likeness (QED) is 0.199. The molecule has 2 heteroatoms. The molecule has 46 heavy (non-hydrogen) atoms. The first-order valence-corrected chi connectivity index (χ1v) is 15.7. The van der Waals surface area contributed by atoms with Gasteiger partial charge in [-0.1, -0.05) is 127 Å². The number of hydrogen-bond donors (Lipinski definition) is 0. The summed E-state index contributed by atoms with van der Waals surface area (Å²) in [5.74, 6) is 0. The predicted molar refractivity (Wildman–Crippen MR) is 194 cm³/mol. The molecule has 0 aliphatic rings. The normalized spacial score (nSPS) is 11.5. The van der Waals surface area contributed by atoms with Crippen LogP contribution in [0.15, 0.2) is 180 Å². The molecular weight excluding hydrogens is 558 g/mol. The number of fused-ring (bicyclic) bond motifs is 5. The van der Waals surface area contributed by atoms with E-state index >= 15 is 0 Å². The van der Waals surface area contributed by atoms with Crippen LogP contribution in [0.25, 0.3) is 65.7 Å². The average molecular weight is 588 g/mol. The van der Waals surface area contributed by atoms with Crippen LogP contribution in [-0.4, -0.2) is 0 Å². The van der Waals surface area contributed by atoms with Crippen LogP contribution in [0.2, 0.25) is 0 Å². The molecule has 0 radical (unpaired) electrons. The van der Waals surface area contributed by atoms with E-state index in [4.69, 9.17) is 4.42 Å². The lowest BCUT2D eigenvalue weighted by molar-refractivity contribution is 0.669. The Morgan fingerprint density at radius 1 is 0.348 bits per heavy atom. The van der Waals surface area contributed by atoms with Crippen molar-refractivity contribution >= 4 is 60.5 Å². The van der Waals surface area contributed by atoms with Crippen LogP contribution >= 0.6 is 0 Å². The van der Waals surface area contributed by atoms with E-state index in [0.29, 0.717) is 0 Å². The van der Waals surface area contributed by atoms with Crippen molar-refractivity contribution in [3.05, 3.63) is 176 Å². The SMILES string of the molecule is c1cc(-c2cccc3ccccc23)cc(N(c2ccc(-c3ccc4c(c3)oc3ccccc34)cc2)c2cccc3ccccc23)c1. The first kappa shape index (κ1) is 26.3. The Kier molecular flexibility index (Phi) is 6.17. The lowest BCUT2D eigenvalue weighted by Gasteiger charge is -2.27. The largest absolute Gasteiger partial charge is 0.456 e. The van der Waals surface area contributed by atoms with Gasteiger partial charge in [-0.3, -0.25) is 0 Å². The van der Waals surface area contributed by atoms with Gasteiger partial charge in [-0.25, -0.2) is 0 Å². The molecule has 1 aromatic heterocycles. The highest BCUT2D eigenvalue weighted by atomic mass is 16.3. The molecule has 9 aromatic rings. The first-order chi connectivity index (χ1) is 22.8. The molecule has 0 bridgehead atoms. The van der Waals surface area contributed by atoms with Crippen molar-refractivity contribution in [2.45, 2.75) is 0 Å². The van der Waals surface area contributed by atoms with Gasteiger partial charge in [-0.05, 0) is 86.9 Å².